The summed E-state index contributed by atoms with van der Waals surface area (Å²) in [6.45, 7) is 30.1. The zero-order valence-corrected chi connectivity index (χ0v) is 94.5. The summed E-state index contributed by atoms with van der Waals surface area (Å²) >= 11 is 36.2. The Kier molecular flexibility index (Phi) is 47.4. The Hall–Kier alpha value is -9.58. The highest BCUT2D eigenvalue weighted by molar-refractivity contribution is 8.12. The van der Waals surface area contributed by atoms with Gasteiger partial charge in [0.25, 0.3) is 39.1 Å². The third-order valence-corrected chi connectivity index (χ3v) is 33.3. The molecule has 0 spiro atoms. The van der Waals surface area contributed by atoms with Gasteiger partial charge in [-0.15, -0.1) is 11.8 Å². The van der Waals surface area contributed by atoms with Gasteiger partial charge in [0.2, 0.25) is 5.95 Å². The summed E-state index contributed by atoms with van der Waals surface area (Å²) in [5, 5.41) is 27.1. The predicted molar refractivity (Wildman–Crippen MR) is 598 cm³/mol. The first-order valence-electron chi connectivity index (χ1n) is 50.2. The molecule has 28 nitrogen and oxygen atoms in total. The van der Waals surface area contributed by atoms with Crippen molar-refractivity contribution in [1.29, 1.82) is 0 Å². The summed E-state index contributed by atoms with van der Waals surface area (Å²) in [5.74, 6) is -3.45. The minimum absolute atomic E-state index is 0.0411. The van der Waals surface area contributed by atoms with Gasteiger partial charge in [0.1, 0.15) is 25.8 Å². The smallest absolute Gasteiger partial charge is 0.322 e. The number of carbonyl (C=O) groups is 7. The molecule has 10 aromatic rings. The van der Waals surface area contributed by atoms with E-state index >= 15 is 0 Å². The first-order valence-corrected chi connectivity index (χ1v) is 57.9. The van der Waals surface area contributed by atoms with Crippen LogP contribution in [-0.4, -0.2) is 254 Å². The molecule has 4 atom stereocenters. The Morgan fingerprint density at radius 1 is 0.416 bits per heavy atom. The lowest BCUT2D eigenvalue weighted by Crippen LogP contribution is -2.51. The molecule has 7 N–H and O–H groups in total. The maximum Gasteiger partial charge on any atom is 0.322 e. The third-order valence-electron chi connectivity index (χ3n) is 27.8. The summed E-state index contributed by atoms with van der Waals surface area (Å²) in [6, 6.07) is 42.3. The Morgan fingerprint density at radius 2 is 0.765 bits per heavy atom. The van der Waals surface area contributed by atoms with E-state index in [2.05, 4.69) is 133 Å². The number of amides is 9. The number of thioether (sulfide) groups is 2. The molecule has 10 heterocycles. The molecule has 6 aromatic heterocycles. The summed E-state index contributed by atoms with van der Waals surface area (Å²) in [6.07, 6.45) is 13.8. The van der Waals surface area contributed by atoms with Crippen LogP contribution in [0.25, 0.3) is 0 Å². The van der Waals surface area contributed by atoms with Crippen molar-refractivity contribution in [3.63, 3.8) is 0 Å². The topological polar surface area (TPSA) is 315 Å². The molecule has 0 bridgehead atoms. The normalized spacial score (nSPS) is 15.5. The number of nitrogens with one attached hydrogen (secondary N) is 7. The van der Waals surface area contributed by atoms with E-state index in [9.17, 15) is 55.2 Å². The summed E-state index contributed by atoms with van der Waals surface area (Å²) in [4.78, 5) is 122. The van der Waals surface area contributed by atoms with Crippen LogP contribution in [0.15, 0.2) is 166 Å². The van der Waals surface area contributed by atoms with E-state index in [1.807, 2.05) is 126 Å². The standard InChI is InChI=1S/C32H40ClN5O2S.C31H36F3N5O2.C23H30Cl2N4O2S2.C22H31Cl2N5O3S2/c1-22-20-29(33)35-24(3)30(22)31(39)34-17-14-23(2)37-18-15-27(16-19-37)38(21-25-8-6-5-7-9-25)32(40)36-26-10-12-28(41-4)13-11-26;1-20-17-28(34)36-22(3)29(20)30(40)35-14-11-21(2)38-15-12-25(13-16-38)39(19-23-7-5-4-6-8-23)31(41)37-24-9-10-26(32)27(33)18-24;1-15-12-19(24)27-21(25)20(15)22(30)26-8-4-16(2)28-9-5-18(6-10-28)29(23(31)32-3)13-17-7-11-33-14-17;1-15-12-19(23)27-21(24)20(15)22(30)26-8-4-16(2)28-9-5-18(6-10-28)29(34(31,32)25-3)13-17-7-11-33-14-17/h5-13,20,23,27H,14-19,21H2,1-4H3,(H,34,39)(H,36,40);4-10,17-18,21,25H,11-16,19H2,1-3H3,(H,35,40)(H,37,41);7,11-12,14,16,18H,4-6,8-10,13H2,1-3H3,(H,26,30);7,11-12,14,16,18,25H,4-6,8-10,13H2,1-3H3,(H,26,30)/t23-;21-;2*16-/m1111/s1. The Bertz CT molecular complexity index is 6090. The molecule has 0 unspecified atom stereocenters. The average Bonchev–Trinajstić information content (AvgIpc) is 1.78. The molecular formula is C108H137Cl5F3N19O9S5. The van der Waals surface area contributed by atoms with Crippen molar-refractivity contribution in [2.45, 2.75) is 226 Å². The summed E-state index contributed by atoms with van der Waals surface area (Å²) < 4.78 is 70.0. The zero-order valence-electron chi connectivity index (χ0n) is 86.6. The van der Waals surface area contributed by atoms with Crippen LogP contribution in [-0.2, 0) is 36.4 Å². The lowest BCUT2D eigenvalue weighted by atomic mass is 10.00. The first kappa shape index (κ1) is 120. The highest BCUT2D eigenvalue weighted by Gasteiger charge is 2.38. The van der Waals surface area contributed by atoms with E-state index in [0.29, 0.717) is 120 Å². The highest BCUT2D eigenvalue weighted by Crippen LogP contribution is 2.33. The molecule has 149 heavy (non-hydrogen) atoms. The monoisotopic (exact) mass is 2240 g/mol. The van der Waals surface area contributed by atoms with E-state index < -0.39 is 27.8 Å². The molecule has 0 radical (unpaired) electrons. The fourth-order valence-corrected chi connectivity index (χ4v) is 24.1. The summed E-state index contributed by atoms with van der Waals surface area (Å²) in [5.41, 5.74) is 10.8. The number of rotatable bonds is 37. The van der Waals surface area contributed by atoms with Gasteiger partial charge in [-0.1, -0.05) is 130 Å². The Balaban J connectivity index is 0.000000189. The van der Waals surface area contributed by atoms with E-state index in [0.717, 1.165) is 174 Å². The molecule has 4 aliphatic rings. The molecule has 0 aliphatic carbocycles. The van der Waals surface area contributed by atoms with Crippen molar-refractivity contribution in [3.05, 3.63) is 283 Å². The number of anilines is 2. The number of thiophene rings is 2. The SMILES string of the molecule is CNS(=O)(=O)N(Cc1ccsc1)C1CCN([C@H](C)CCNC(=O)c2c(C)cc(Cl)nc2Cl)CC1.CSC(=O)N(Cc1ccsc1)C1CCN([C@H](C)CCNC(=O)c2c(C)cc(Cl)nc2Cl)CC1.CSc1ccc(NC(=O)N(Cc2ccccc2)C2CCN([C@H](C)CCNC(=O)c3c(C)cc(Cl)nc3C)CC2)cc1.Cc1cc(F)nc(C)c1C(=O)NCC[C@@H](C)N1CCC(N(Cc2ccccc2)C(=O)Nc2ccc(F)c(F)c2)CC1. The number of aryl methyl sites for hydroxylation is 6. The van der Waals surface area contributed by atoms with Gasteiger partial charge < -0.3 is 66.2 Å². The number of hydrogen-bond donors (Lipinski definition) is 7. The Morgan fingerprint density at radius 3 is 1.13 bits per heavy atom. The molecule has 4 fully saturated rings. The van der Waals surface area contributed by atoms with Crippen molar-refractivity contribution in [3.8, 4) is 0 Å². The lowest BCUT2D eigenvalue weighted by molar-refractivity contribution is 0.0908. The highest BCUT2D eigenvalue weighted by atomic mass is 35.5. The number of hydrogen-bond acceptors (Lipinski definition) is 21. The summed E-state index contributed by atoms with van der Waals surface area (Å²) in [7, 11) is -2.08. The van der Waals surface area contributed by atoms with Crippen LogP contribution < -0.4 is 36.6 Å². The van der Waals surface area contributed by atoms with Crippen molar-refractivity contribution in [2.75, 3.05) is 109 Å². The quantitative estimate of drug-likeness (QED) is 0.0140. The number of piperidine rings is 4. The van der Waals surface area contributed by atoms with Crippen LogP contribution in [0.2, 0.25) is 25.8 Å². The number of halogens is 8. The van der Waals surface area contributed by atoms with Gasteiger partial charge in [-0.3, -0.25) is 24.0 Å². The fourth-order valence-electron chi connectivity index (χ4n) is 19.2. The predicted octanol–water partition coefficient (Wildman–Crippen LogP) is 22.0. The Labute approximate surface area is 916 Å². The van der Waals surface area contributed by atoms with Crippen molar-refractivity contribution >= 4 is 167 Å². The molecule has 41 heteroatoms. The van der Waals surface area contributed by atoms with Crippen LogP contribution >= 0.6 is 104 Å². The number of carbonyl (C=O) groups excluding carboxylic acids is 7. The third kappa shape index (κ3) is 35.8. The maximum atomic E-state index is 13.7. The van der Waals surface area contributed by atoms with E-state index in [1.54, 1.807) is 89.5 Å². The van der Waals surface area contributed by atoms with Gasteiger partial charge >= 0.3 is 12.1 Å². The molecule has 9 amide bonds. The van der Waals surface area contributed by atoms with Crippen LogP contribution in [0.1, 0.15) is 202 Å². The fraction of sp³-hybridized carbons (Fsp3) is 0.454. The number of likely N-dealkylation sites (tertiary alicyclic amines) is 4. The molecule has 804 valence electrons. The largest absolute Gasteiger partial charge is 0.352 e. The zero-order chi connectivity index (χ0) is 108. The van der Waals surface area contributed by atoms with Gasteiger partial charge in [0, 0.05) is 169 Å². The molecule has 4 aliphatic heterocycles. The minimum Gasteiger partial charge on any atom is -0.352 e. The second-order valence-corrected chi connectivity index (χ2v) is 44.9. The van der Waals surface area contributed by atoms with Crippen molar-refractivity contribution in [2.24, 2.45) is 0 Å². The lowest BCUT2D eigenvalue weighted by Gasteiger charge is -2.40. The van der Waals surface area contributed by atoms with Gasteiger partial charge in [-0.25, -0.2) is 43.0 Å². The number of aromatic nitrogens is 4. The molecule has 14 rings (SSSR count). The molecule has 4 aromatic carbocycles. The van der Waals surface area contributed by atoms with E-state index in [-0.39, 0.29) is 103 Å². The second-order valence-electron chi connectivity index (χ2n) is 38.0. The van der Waals surface area contributed by atoms with Gasteiger partial charge in [-0.2, -0.15) is 39.8 Å². The maximum absolute atomic E-state index is 13.7. The van der Waals surface area contributed by atoms with Crippen LogP contribution in [0.5, 0.6) is 0 Å². The van der Waals surface area contributed by atoms with Gasteiger partial charge in [0.05, 0.1) is 33.6 Å². The van der Waals surface area contributed by atoms with Crippen molar-refractivity contribution < 1.29 is 55.2 Å². The second kappa shape index (κ2) is 59.0. The van der Waals surface area contributed by atoms with E-state index in [1.165, 1.54) is 36.5 Å². The number of pyridine rings is 4. The van der Waals surface area contributed by atoms with E-state index in [4.69, 9.17) is 58.0 Å². The number of urea groups is 2. The minimum atomic E-state index is -3.54. The molecular weight excluding hydrogens is 2100 g/mol. The van der Waals surface area contributed by atoms with Crippen LogP contribution in [0.4, 0.5) is 38.9 Å². The molecule has 0 saturated carbocycles. The molecule has 4 saturated heterocycles. The number of nitrogens with zero attached hydrogens (tertiary/aromatic N) is 12. The van der Waals surface area contributed by atoms with Crippen LogP contribution in [0.3, 0.4) is 0 Å². The van der Waals surface area contributed by atoms with Gasteiger partial charge in [0.15, 0.2) is 11.6 Å². The van der Waals surface area contributed by atoms with Crippen LogP contribution in [0, 0.1) is 59.1 Å². The van der Waals surface area contributed by atoms with Gasteiger partial charge in [-0.05, 0) is 311 Å². The van der Waals surface area contributed by atoms with Crippen molar-refractivity contribution in [1.82, 2.24) is 84.5 Å². The first-order chi connectivity index (χ1) is 71.3. The average molecular weight is 2240 g/mol. The number of benzene rings is 4.